The van der Waals surface area contributed by atoms with Gasteiger partial charge in [0.25, 0.3) is 5.69 Å². The van der Waals surface area contributed by atoms with Gasteiger partial charge in [0.15, 0.2) is 0 Å². The van der Waals surface area contributed by atoms with Crippen molar-refractivity contribution in [2.24, 2.45) is 0 Å². The van der Waals surface area contributed by atoms with E-state index in [-0.39, 0.29) is 17.1 Å². The summed E-state index contributed by atoms with van der Waals surface area (Å²) < 4.78 is 0. The number of anilines is 1. The Kier molecular flexibility index (Phi) is 2.01. The van der Waals surface area contributed by atoms with Gasteiger partial charge in [-0.15, -0.1) is 0 Å². The van der Waals surface area contributed by atoms with Crippen molar-refractivity contribution in [3.8, 4) is 0 Å². The van der Waals surface area contributed by atoms with Crippen LogP contribution < -0.4 is 5.73 Å². The van der Waals surface area contributed by atoms with Gasteiger partial charge in [-0.3, -0.25) is 10.1 Å². The molecule has 2 rings (SSSR count). The minimum atomic E-state index is -1.20. The molecule has 0 amide bonds. The molecule has 7 nitrogen and oxygen atoms in total. The molecule has 0 unspecified atom stereocenters. The molecule has 0 bridgehead atoms. The molecule has 0 radical (unpaired) electrons. The van der Waals surface area contributed by atoms with Crippen molar-refractivity contribution in [2.75, 3.05) is 5.73 Å². The summed E-state index contributed by atoms with van der Waals surface area (Å²) in [6, 6.07) is 3.95. The largest absolute Gasteiger partial charge is 0.477 e. The first-order valence-corrected chi connectivity index (χ1v) is 4.29. The summed E-state index contributed by atoms with van der Waals surface area (Å²) in [7, 11) is 0. The van der Waals surface area contributed by atoms with Crippen molar-refractivity contribution < 1.29 is 14.8 Å². The fourth-order valence-corrected chi connectivity index (χ4v) is 1.49. The number of carboxylic acids is 1. The highest BCUT2D eigenvalue weighted by Crippen LogP contribution is 2.27. The van der Waals surface area contributed by atoms with Crippen LogP contribution >= 0.6 is 0 Å². The van der Waals surface area contributed by atoms with E-state index in [1.54, 1.807) is 0 Å². The monoisotopic (exact) mass is 221 g/mol. The first-order chi connectivity index (χ1) is 7.50. The molecule has 0 aliphatic rings. The standard InChI is InChI=1S/C9H7N3O4/c10-7-5-2-1-4(12(15)16)3-6(5)11-8(7)9(13)14/h1-3,11H,10H2,(H,13,14). The third-order valence-electron chi connectivity index (χ3n) is 2.25. The molecular weight excluding hydrogens is 214 g/mol. The molecule has 0 saturated heterocycles. The molecule has 2 aromatic rings. The Morgan fingerprint density at radius 3 is 2.75 bits per heavy atom. The maximum Gasteiger partial charge on any atom is 0.354 e. The highest BCUT2D eigenvalue weighted by molar-refractivity contribution is 6.05. The fourth-order valence-electron chi connectivity index (χ4n) is 1.49. The van der Waals surface area contributed by atoms with Crippen molar-refractivity contribution >= 4 is 28.2 Å². The van der Waals surface area contributed by atoms with Gasteiger partial charge in [-0.2, -0.15) is 0 Å². The molecule has 0 aliphatic carbocycles. The van der Waals surface area contributed by atoms with Crippen molar-refractivity contribution in [1.29, 1.82) is 0 Å². The predicted octanol–water partition coefficient (Wildman–Crippen LogP) is 1.36. The van der Waals surface area contributed by atoms with Gasteiger partial charge in [0, 0.05) is 17.5 Å². The molecule has 0 fully saturated rings. The van der Waals surface area contributed by atoms with E-state index in [4.69, 9.17) is 10.8 Å². The highest BCUT2D eigenvalue weighted by Gasteiger charge is 2.16. The molecule has 1 aromatic carbocycles. The van der Waals surface area contributed by atoms with Crippen LogP contribution in [0.25, 0.3) is 10.9 Å². The van der Waals surface area contributed by atoms with E-state index in [9.17, 15) is 14.9 Å². The number of nitro benzene ring substituents is 1. The lowest BCUT2D eigenvalue weighted by molar-refractivity contribution is -0.384. The van der Waals surface area contributed by atoms with E-state index in [0.717, 1.165) is 0 Å². The van der Waals surface area contributed by atoms with Crippen LogP contribution in [-0.2, 0) is 0 Å². The van der Waals surface area contributed by atoms with Gasteiger partial charge in [0.05, 0.1) is 16.1 Å². The Labute approximate surface area is 88.6 Å². The predicted molar refractivity (Wildman–Crippen MR) is 56.3 cm³/mol. The van der Waals surface area contributed by atoms with E-state index in [0.29, 0.717) is 10.9 Å². The van der Waals surface area contributed by atoms with Gasteiger partial charge in [-0.05, 0) is 6.07 Å². The number of hydrogen-bond acceptors (Lipinski definition) is 4. The Balaban J connectivity index is 2.72. The molecule has 16 heavy (non-hydrogen) atoms. The maximum absolute atomic E-state index is 10.8. The fraction of sp³-hybridized carbons (Fsp3) is 0. The first kappa shape index (κ1) is 9.97. The number of carboxylic acid groups (broad SMARTS) is 1. The number of nitrogens with one attached hydrogen (secondary N) is 1. The maximum atomic E-state index is 10.8. The zero-order valence-electron chi connectivity index (χ0n) is 7.93. The van der Waals surface area contributed by atoms with Gasteiger partial charge < -0.3 is 15.8 Å². The van der Waals surface area contributed by atoms with E-state index in [2.05, 4.69) is 4.98 Å². The Hall–Kier alpha value is -2.57. The number of non-ortho nitro benzene ring substituents is 1. The van der Waals surface area contributed by atoms with Crippen molar-refractivity contribution in [1.82, 2.24) is 4.98 Å². The van der Waals surface area contributed by atoms with Gasteiger partial charge in [0.2, 0.25) is 0 Å². The molecule has 1 aromatic heterocycles. The first-order valence-electron chi connectivity index (χ1n) is 4.29. The zero-order valence-corrected chi connectivity index (χ0v) is 7.93. The summed E-state index contributed by atoms with van der Waals surface area (Å²) in [4.78, 5) is 23.3. The molecule has 0 aliphatic heterocycles. The second-order valence-corrected chi connectivity index (χ2v) is 3.21. The van der Waals surface area contributed by atoms with Crippen LogP contribution in [0.15, 0.2) is 18.2 Å². The number of aromatic nitrogens is 1. The SMILES string of the molecule is Nc1c(C(=O)O)[nH]c2cc([N+](=O)[O-])ccc12. The lowest BCUT2D eigenvalue weighted by Crippen LogP contribution is -2.00. The van der Waals surface area contributed by atoms with Crippen molar-refractivity contribution in [3.05, 3.63) is 34.0 Å². The lowest BCUT2D eigenvalue weighted by atomic mass is 10.2. The van der Waals surface area contributed by atoms with Crippen LogP contribution in [-0.4, -0.2) is 21.0 Å². The summed E-state index contributed by atoms with van der Waals surface area (Å²) in [6.45, 7) is 0. The van der Waals surface area contributed by atoms with Gasteiger partial charge in [-0.25, -0.2) is 4.79 Å². The Bertz CT molecular complexity index is 602. The number of hydrogen-bond donors (Lipinski definition) is 3. The second-order valence-electron chi connectivity index (χ2n) is 3.21. The number of benzene rings is 1. The third kappa shape index (κ3) is 1.34. The van der Waals surface area contributed by atoms with Gasteiger partial charge in [-0.1, -0.05) is 0 Å². The summed E-state index contributed by atoms with van der Waals surface area (Å²) in [5.74, 6) is -1.20. The third-order valence-corrected chi connectivity index (χ3v) is 2.25. The second kappa shape index (κ2) is 3.23. The molecule has 0 saturated carbocycles. The minimum absolute atomic E-state index is 0.0809. The highest BCUT2D eigenvalue weighted by atomic mass is 16.6. The van der Waals surface area contributed by atoms with E-state index >= 15 is 0 Å². The molecule has 82 valence electrons. The van der Waals surface area contributed by atoms with Crippen LogP contribution in [0.4, 0.5) is 11.4 Å². The summed E-state index contributed by atoms with van der Waals surface area (Å²) in [5.41, 5.74) is 5.73. The number of carbonyl (C=O) groups is 1. The van der Waals surface area contributed by atoms with Crippen LogP contribution in [0, 0.1) is 10.1 Å². The molecular formula is C9H7N3O4. The van der Waals surface area contributed by atoms with E-state index in [1.807, 2.05) is 0 Å². The quantitative estimate of drug-likeness (QED) is 0.521. The van der Waals surface area contributed by atoms with Gasteiger partial charge in [0.1, 0.15) is 5.69 Å². The lowest BCUT2D eigenvalue weighted by Gasteiger charge is -1.92. The number of H-pyrrole nitrogens is 1. The normalized spacial score (nSPS) is 10.5. The topological polar surface area (TPSA) is 122 Å². The number of aromatic amines is 1. The number of rotatable bonds is 2. The summed E-state index contributed by atoms with van der Waals surface area (Å²) in [6.07, 6.45) is 0. The summed E-state index contributed by atoms with van der Waals surface area (Å²) >= 11 is 0. The molecule has 0 spiro atoms. The minimum Gasteiger partial charge on any atom is -0.477 e. The van der Waals surface area contributed by atoms with Crippen LogP contribution in [0.3, 0.4) is 0 Å². The average Bonchev–Trinajstić information content (AvgIpc) is 2.55. The number of nitrogen functional groups attached to an aromatic ring is 1. The number of aromatic carboxylic acids is 1. The van der Waals surface area contributed by atoms with Crippen LogP contribution in [0.5, 0.6) is 0 Å². The number of nitro groups is 1. The van der Waals surface area contributed by atoms with E-state index < -0.39 is 10.9 Å². The van der Waals surface area contributed by atoms with Gasteiger partial charge >= 0.3 is 5.97 Å². The number of nitrogens with two attached hydrogens (primary N) is 1. The molecule has 7 heteroatoms. The molecule has 1 heterocycles. The van der Waals surface area contributed by atoms with Crippen LogP contribution in [0.1, 0.15) is 10.5 Å². The average molecular weight is 221 g/mol. The molecule has 4 N–H and O–H groups in total. The van der Waals surface area contributed by atoms with Crippen LogP contribution in [0.2, 0.25) is 0 Å². The number of nitrogens with zero attached hydrogens (tertiary/aromatic N) is 1. The molecule has 0 atom stereocenters. The smallest absolute Gasteiger partial charge is 0.354 e. The zero-order chi connectivity index (χ0) is 11.9. The van der Waals surface area contributed by atoms with E-state index in [1.165, 1.54) is 18.2 Å². The van der Waals surface area contributed by atoms with Crippen molar-refractivity contribution in [3.63, 3.8) is 0 Å². The summed E-state index contributed by atoms with van der Waals surface area (Å²) in [5, 5.41) is 19.8. The Morgan fingerprint density at radius 1 is 1.50 bits per heavy atom. The van der Waals surface area contributed by atoms with Crippen molar-refractivity contribution in [2.45, 2.75) is 0 Å². The number of fused-ring (bicyclic) bond motifs is 1. The Morgan fingerprint density at radius 2 is 2.19 bits per heavy atom.